The molecule has 36 heavy (non-hydrogen) atoms. The van der Waals surface area contributed by atoms with Crippen LogP contribution in [0.3, 0.4) is 0 Å². The van der Waals surface area contributed by atoms with Crippen LogP contribution in [0, 0.1) is 0 Å². The normalized spacial score (nSPS) is 17.5. The molecule has 3 unspecified atom stereocenters. The number of rotatable bonds is 8. The molecule has 2 aromatic carbocycles. The predicted octanol–water partition coefficient (Wildman–Crippen LogP) is 1.17. The Kier molecular flexibility index (Phi) is 6.96. The molecule has 1 aliphatic heterocycles. The molecule has 0 spiro atoms. The molecular formula is C26H25N3O7. The van der Waals surface area contributed by atoms with Crippen LogP contribution in [0.1, 0.15) is 52.5 Å². The molecule has 3 amide bonds. The second-order valence-corrected chi connectivity index (χ2v) is 8.84. The van der Waals surface area contributed by atoms with E-state index >= 15 is 0 Å². The van der Waals surface area contributed by atoms with Gasteiger partial charge in [0.2, 0.25) is 11.8 Å². The number of carboxylic acids is 1. The van der Waals surface area contributed by atoms with Crippen molar-refractivity contribution < 1.29 is 33.9 Å². The monoisotopic (exact) mass is 491 g/mol. The molecule has 10 nitrogen and oxygen atoms in total. The van der Waals surface area contributed by atoms with E-state index in [1.54, 1.807) is 42.5 Å². The van der Waals surface area contributed by atoms with E-state index in [4.69, 9.17) is 5.11 Å². The lowest BCUT2D eigenvalue weighted by molar-refractivity contribution is -0.141. The number of likely N-dealkylation sites (tertiary alicyclic amines) is 1. The van der Waals surface area contributed by atoms with Gasteiger partial charge in [0.25, 0.3) is 5.91 Å². The summed E-state index contributed by atoms with van der Waals surface area (Å²) < 4.78 is 0. The van der Waals surface area contributed by atoms with Gasteiger partial charge in [-0.15, -0.1) is 0 Å². The number of aldehydes is 1. The van der Waals surface area contributed by atoms with Crippen molar-refractivity contribution >= 4 is 35.8 Å². The molecule has 0 bridgehead atoms. The quantitative estimate of drug-likeness (QED) is 0.400. The maximum Gasteiger partial charge on any atom is 0.305 e. The molecular weight excluding hydrogens is 466 g/mol. The van der Waals surface area contributed by atoms with Crippen molar-refractivity contribution in [3.05, 3.63) is 59.2 Å². The first-order valence-corrected chi connectivity index (χ1v) is 11.6. The third-order valence-corrected chi connectivity index (χ3v) is 6.44. The lowest BCUT2D eigenvalue weighted by Crippen LogP contribution is -2.54. The summed E-state index contributed by atoms with van der Waals surface area (Å²) in [6, 6.07) is 8.83. The van der Waals surface area contributed by atoms with Crippen molar-refractivity contribution in [2.75, 3.05) is 6.54 Å². The third-order valence-electron chi connectivity index (χ3n) is 6.44. The predicted molar refractivity (Wildman–Crippen MR) is 127 cm³/mol. The topological polar surface area (TPSA) is 150 Å². The fourth-order valence-electron chi connectivity index (χ4n) is 4.75. The number of amides is 3. The zero-order valence-corrected chi connectivity index (χ0v) is 19.5. The summed E-state index contributed by atoms with van der Waals surface area (Å²) in [7, 11) is 0. The van der Waals surface area contributed by atoms with Gasteiger partial charge >= 0.3 is 5.97 Å². The summed E-state index contributed by atoms with van der Waals surface area (Å²) in [4.78, 5) is 75.1. The van der Waals surface area contributed by atoms with Gasteiger partial charge in [0.15, 0.2) is 5.78 Å². The second kappa shape index (κ2) is 10.1. The highest BCUT2D eigenvalue weighted by Gasteiger charge is 2.38. The van der Waals surface area contributed by atoms with E-state index in [9.17, 15) is 28.8 Å². The Labute approximate surface area is 206 Å². The summed E-state index contributed by atoms with van der Waals surface area (Å²) in [6.07, 6.45) is 0.675. The zero-order valence-electron chi connectivity index (χ0n) is 19.5. The number of aliphatic carboxylic acids is 1. The van der Waals surface area contributed by atoms with Crippen LogP contribution in [0.2, 0.25) is 0 Å². The van der Waals surface area contributed by atoms with Crippen molar-refractivity contribution in [1.82, 2.24) is 15.5 Å². The molecule has 2 aliphatic rings. The highest BCUT2D eigenvalue weighted by atomic mass is 16.4. The van der Waals surface area contributed by atoms with Crippen molar-refractivity contribution in [3.63, 3.8) is 0 Å². The van der Waals surface area contributed by atoms with E-state index < -0.39 is 48.2 Å². The Morgan fingerprint density at radius 2 is 1.75 bits per heavy atom. The van der Waals surface area contributed by atoms with E-state index in [0.29, 0.717) is 41.4 Å². The molecule has 1 aliphatic carbocycles. The smallest absolute Gasteiger partial charge is 0.305 e. The van der Waals surface area contributed by atoms with Gasteiger partial charge in [-0.25, -0.2) is 0 Å². The minimum atomic E-state index is -1.24. The van der Waals surface area contributed by atoms with E-state index in [0.717, 1.165) is 0 Å². The van der Waals surface area contributed by atoms with E-state index in [1.165, 1.54) is 11.8 Å². The first-order valence-electron chi connectivity index (χ1n) is 11.6. The first-order chi connectivity index (χ1) is 17.2. The number of fused-ring (bicyclic) bond motifs is 3. The first kappa shape index (κ1) is 24.8. The third kappa shape index (κ3) is 4.61. The number of hydrogen-bond donors (Lipinski definition) is 3. The zero-order chi connectivity index (χ0) is 26.0. The number of carboxylic acid groups (broad SMARTS) is 1. The molecule has 3 N–H and O–H groups in total. The minimum absolute atomic E-state index is 0.165. The van der Waals surface area contributed by atoms with Crippen LogP contribution in [0.4, 0.5) is 0 Å². The van der Waals surface area contributed by atoms with Crippen LogP contribution < -0.4 is 10.6 Å². The molecule has 0 aromatic heterocycles. The van der Waals surface area contributed by atoms with Crippen LogP contribution in [0.25, 0.3) is 11.1 Å². The maximum absolute atomic E-state index is 13.2. The van der Waals surface area contributed by atoms with Gasteiger partial charge in [0.05, 0.1) is 12.5 Å². The van der Waals surface area contributed by atoms with Crippen molar-refractivity contribution in [2.24, 2.45) is 0 Å². The van der Waals surface area contributed by atoms with Crippen LogP contribution in [-0.4, -0.2) is 70.4 Å². The molecule has 0 radical (unpaired) electrons. The Balaban J connectivity index is 1.48. The number of carbonyl (C=O) groups is 6. The highest BCUT2D eigenvalue weighted by molar-refractivity contribution is 6.24. The summed E-state index contributed by atoms with van der Waals surface area (Å²) in [6.45, 7) is 1.79. The Bertz CT molecular complexity index is 1270. The number of ketones is 1. The van der Waals surface area contributed by atoms with E-state index in [-0.39, 0.29) is 17.9 Å². The number of nitrogens with zero attached hydrogens (tertiary/aromatic N) is 1. The van der Waals surface area contributed by atoms with Gasteiger partial charge in [0, 0.05) is 28.8 Å². The van der Waals surface area contributed by atoms with Crippen LogP contribution in [-0.2, 0) is 19.2 Å². The van der Waals surface area contributed by atoms with Gasteiger partial charge < -0.3 is 25.4 Å². The van der Waals surface area contributed by atoms with Gasteiger partial charge in [-0.1, -0.05) is 36.4 Å². The van der Waals surface area contributed by atoms with Crippen molar-refractivity contribution in [2.45, 2.75) is 44.3 Å². The fourth-order valence-corrected chi connectivity index (χ4v) is 4.75. The van der Waals surface area contributed by atoms with Crippen molar-refractivity contribution in [1.29, 1.82) is 0 Å². The summed E-state index contributed by atoms with van der Waals surface area (Å²) in [5.74, 6) is -3.03. The molecule has 186 valence electrons. The molecule has 3 atom stereocenters. The van der Waals surface area contributed by atoms with E-state index in [1.807, 2.05) is 0 Å². The van der Waals surface area contributed by atoms with E-state index in [2.05, 4.69) is 10.6 Å². The Morgan fingerprint density at radius 3 is 2.44 bits per heavy atom. The molecule has 10 heteroatoms. The second-order valence-electron chi connectivity index (χ2n) is 8.84. The number of hydrogen-bond acceptors (Lipinski definition) is 6. The average Bonchev–Trinajstić information content (AvgIpc) is 3.46. The highest BCUT2D eigenvalue weighted by Crippen LogP contribution is 2.38. The minimum Gasteiger partial charge on any atom is -0.481 e. The lowest BCUT2D eigenvalue weighted by Gasteiger charge is -2.28. The molecule has 0 saturated carbocycles. The molecule has 2 aromatic rings. The van der Waals surface area contributed by atoms with Crippen LogP contribution in [0.5, 0.6) is 0 Å². The summed E-state index contributed by atoms with van der Waals surface area (Å²) in [5.41, 5.74) is 2.38. The Morgan fingerprint density at radius 1 is 1.06 bits per heavy atom. The number of carbonyl (C=O) groups excluding carboxylic acids is 5. The van der Waals surface area contributed by atoms with Gasteiger partial charge in [-0.2, -0.15) is 0 Å². The fraction of sp³-hybridized carbons (Fsp3) is 0.308. The number of nitrogens with one attached hydrogen (secondary N) is 2. The maximum atomic E-state index is 13.2. The average molecular weight is 492 g/mol. The molecule has 4 rings (SSSR count). The number of benzene rings is 2. The summed E-state index contributed by atoms with van der Waals surface area (Å²) >= 11 is 0. The van der Waals surface area contributed by atoms with Crippen LogP contribution >= 0.6 is 0 Å². The molecule has 1 saturated heterocycles. The standard InChI is InChI=1S/C26H25N3O7/c1-14(26(36)29-11-5-10-20(29)25(35)28-15(13-30)12-21(31)32)27-24(34)19-9-4-8-18-22(19)16-6-2-3-7-17(16)23(18)33/h2-4,6-9,13-15,20H,5,10-12H2,1H3,(H,27,34)(H,28,35)(H,31,32). The van der Waals surface area contributed by atoms with Crippen molar-refractivity contribution in [3.8, 4) is 11.1 Å². The summed E-state index contributed by atoms with van der Waals surface area (Å²) in [5, 5.41) is 13.9. The SMILES string of the molecule is CC(NC(=O)c1cccc2c1-c1ccccc1C2=O)C(=O)N1CCCC1C(=O)NC(C=O)CC(=O)O. The van der Waals surface area contributed by atoms with Gasteiger partial charge in [-0.3, -0.25) is 24.0 Å². The van der Waals surface area contributed by atoms with Crippen LogP contribution in [0.15, 0.2) is 42.5 Å². The Hall–Kier alpha value is -4.34. The lowest BCUT2D eigenvalue weighted by atomic mass is 9.98. The molecule has 1 heterocycles. The van der Waals surface area contributed by atoms with Gasteiger partial charge in [0.1, 0.15) is 18.4 Å². The molecule has 1 fully saturated rings. The van der Waals surface area contributed by atoms with Gasteiger partial charge in [-0.05, 0) is 31.4 Å². The largest absolute Gasteiger partial charge is 0.481 e.